The second-order valence-electron chi connectivity index (χ2n) is 7.92. The minimum absolute atomic E-state index is 0.0841. The lowest BCUT2D eigenvalue weighted by Crippen LogP contribution is -2.26. The van der Waals surface area contributed by atoms with E-state index in [9.17, 15) is 14.4 Å². The number of hydrogen-bond acceptors (Lipinski definition) is 6. The van der Waals surface area contributed by atoms with Crippen LogP contribution in [-0.2, 0) is 25.7 Å². The largest absolute Gasteiger partial charge is 0.465 e. The number of para-hydroxylation sites is 1. The summed E-state index contributed by atoms with van der Waals surface area (Å²) in [4.78, 5) is 43.8. The molecule has 0 radical (unpaired) electrons. The molecular weight excluding hydrogens is 408 g/mol. The number of carbonyl (C=O) groups excluding carboxylic acids is 3. The van der Waals surface area contributed by atoms with Crippen LogP contribution in [-0.4, -0.2) is 36.5 Å². The van der Waals surface area contributed by atoms with Crippen LogP contribution in [0.15, 0.2) is 48.5 Å². The van der Waals surface area contributed by atoms with E-state index >= 15 is 0 Å². The highest BCUT2D eigenvalue weighted by molar-refractivity contribution is 6.00. The number of hydrogen-bond donors (Lipinski definition) is 0. The lowest BCUT2D eigenvalue weighted by atomic mass is 10.0. The number of amides is 1. The van der Waals surface area contributed by atoms with Crippen molar-refractivity contribution >= 4 is 34.4 Å². The number of anilines is 1. The third kappa shape index (κ3) is 4.06. The van der Waals surface area contributed by atoms with Crippen molar-refractivity contribution in [3.8, 4) is 0 Å². The van der Waals surface area contributed by atoms with Crippen LogP contribution < -0.4 is 4.90 Å². The quantitative estimate of drug-likeness (QED) is 0.571. The van der Waals surface area contributed by atoms with Crippen molar-refractivity contribution in [1.82, 2.24) is 4.98 Å². The van der Waals surface area contributed by atoms with Crippen LogP contribution in [0.5, 0.6) is 0 Å². The first-order chi connectivity index (χ1) is 15.4. The first kappa shape index (κ1) is 21.5. The Morgan fingerprint density at radius 2 is 1.81 bits per heavy atom. The molecule has 1 saturated heterocycles. The van der Waals surface area contributed by atoms with Crippen LogP contribution >= 0.6 is 0 Å². The maximum absolute atomic E-state index is 12.7. The predicted molar refractivity (Wildman–Crippen MR) is 119 cm³/mol. The molecule has 7 heteroatoms. The number of carbonyl (C=O) groups is 3. The van der Waals surface area contributed by atoms with Crippen molar-refractivity contribution in [2.75, 3.05) is 18.6 Å². The van der Waals surface area contributed by atoms with E-state index in [1.54, 1.807) is 4.90 Å². The molecule has 0 aliphatic carbocycles. The van der Waals surface area contributed by atoms with Gasteiger partial charge in [-0.05, 0) is 37.6 Å². The number of nitrogens with zero attached hydrogens (tertiary/aromatic N) is 2. The van der Waals surface area contributed by atoms with E-state index in [1.807, 2.05) is 62.4 Å². The van der Waals surface area contributed by atoms with Crippen LogP contribution in [0.2, 0.25) is 0 Å². The fourth-order valence-corrected chi connectivity index (χ4v) is 4.02. The zero-order valence-corrected chi connectivity index (χ0v) is 18.3. The number of aryl methyl sites for hydroxylation is 2. The first-order valence-electron chi connectivity index (χ1n) is 10.4. The van der Waals surface area contributed by atoms with Gasteiger partial charge >= 0.3 is 11.9 Å². The Balaban J connectivity index is 1.52. The van der Waals surface area contributed by atoms with Gasteiger partial charge in [0.1, 0.15) is 6.61 Å². The van der Waals surface area contributed by atoms with Gasteiger partial charge in [-0.15, -0.1) is 0 Å². The van der Waals surface area contributed by atoms with Crippen molar-refractivity contribution in [3.63, 3.8) is 0 Å². The fourth-order valence-electron chi connectivity index (χ4n) is 4.02. The summed E-state index contributed by atoms with van der Waals surface area (Å²) < 4.78 is 10.4. The number of ether oxygens (including phenoxy) is 2. The molecule has 7 nitrogen and oxygen atoms in total. The van der Waals surface area contributed by atoms with Gasteiger partial charge in [0, 0.05) is 24.0 Å². The summed E-state index contributed by atoms with van der Waals surface area (Å²) >= 11 is 0. The lowest BCUT2D eigenvalue weighted by molar-refractivity contribution is -0.149. The van der Waals surface area contributed by atoms with Crippen LogP contribution in [0.1, 0.15) is 33.6 Å². The van der Waals surface area contributed by atoms with E-state index in [0.717, 1.165) is 22.2 Å². The molecule has 1 amide bonds. The number of methoxy groups -OCH3 is 1. The second kappa shape index (κ2) is 8.78. The predicted octanol–water partition coefficient (Wildman–Crippen LogP) is 3.73. The van der Waals surface area contributed by atoms with Crippen LogP contribution in [0.25, 0.3) is 10.9 Å². The molecule has 1 aliphatic rings. The SMILES string of the molecule is COC(=O)c1c(COC(=O)C2CC(=O)N(c3ccc(C)cc3)C2)nc2ccccc2c1C. The van der Waals surface area contributed by atoms with Gasteiger partial charge in [-0.25, -0.2) is 9.78 Å². The number of rotatable bonds is 5. The van der Waals surface area contributed by atoms with Crippen LogP contribution in [0.4, 0.5) is 5.69 Å². The molecule has 2 heterocycles. The Labute approximate surface area is 186 Å². The van der Waals surface area contributed by atoms with E-state index < -0.39 is 17.9 Å². The molecule has 0 bridgehead atoms. The monoisotopic (exact) mass is 432 g/mol. The minimum atomic E-state index is -0.577. The van der Waals surface area contributed by atoms with Crippen molar-refractivity contribution in [1.29, 1.82) is 0 Å². The molecule has 4 rings (SSSR count). The van der Waals surface area contributed by atoms with Crippen molar-refractivity contribution in [2.24, 2.45) is 5.92 Å². The Hall–Kier alpha value is -3.74. The summed E-state index contributed by atoms with van der Waals surface area (Å²) in [5, 5.41) is 0.832. The maximum atomic E-state index is 12.7. The second-order valence-corrected chi connectivity index (χ2v) is 7.92. The van der Waals surface area contributed by atoms with Crippen molar-refractivity contribution in [2.45, 2.75) is 26.9 Å². The molecule has 0 spiro atoms. The fraction of sp³-hybridized carbons (Fsp3) is 0.280. The van der Waals surface area contributed by atoms with Gasteiger partial charge in [0.2, 0.25) is 5.91 Å². The van der Waals surface area contributed by atoms with Crippen LogP contribution in [0, 0.1) is 19.8 Å². The first-order valence-corrected chi connectivity index (χ1v) is 10.4. The molecular formula is C25H24N2O5. The smallest absolute Gasteiger partial charge is 0.340 e. The highest BCUT2D eigenvalue weighted by Crippen LogP contribution is 2.28. The molecule has 1 atom stereocenters. The zero-order chi connectivity index (χ0) is 22.8. The van der Waals surface area contributed by atoms with Gasteiger partial charge in [0.25, 0.3) is 0 Å². The van der Waals surface area contributed by atoms with E-state index in [0.29, 0.717) is 16.8 Å². The molecule has 1 unspecified atom stereocenters. The summed E-state index contributed by atoms with van der Waals surface area (Å²) in [5.41, 5.74) is 3.90. The summed E-state index contributed by atoms with van der Waals surface area (Å²) in [6, 6.07) is 15.0. The van der Waals surface area contributed by atoms with Crippen molar-refractivity contribution in [3.05, 3.63) is 70.9 Å². The summed E-state index contributed by atoms with van der Waals surface area (Å²) in [6.45, 7) is 3.87. The summed E-state index contributed by atoms with van der Waals surface area (Å²) in [5.74, 6) is -1.72. The maximum Gasteiger partial charge on any atom is 0.340 e. The number of fused-ring (bicyclic) bond motifs is 1. The molecule has 1 aromatic heterocycles. The number of benzene rings is 2. The Bertz CT molecular complexity index is 1200. The third-order valence-electron chi connectivity index (χ3n) is 5.77. The third-order valence-corrected chi connectivity index (χ3v) is 5.77. The molecule has 0 N–H and O–H groups in total. The summed E-state index contributed by atoms with van der Waals surface area (Å²) in [6.07, 6.45) is 0.0841. The van der Waals surface area contributed by atoms with E-state index in [4.69, 9.17) is 9.47 Å². The molecule has 2 aromatic carbocycles. The molecule has 164 valence electrons. The average molecular weight is 432 g/mol. The lowest BCUT2D eigenvalue weighted by Gasteiger charge is -2.17. The molecule has 1 fully saturated rings. The standard InChI is InChI=1S/C25H24N2O5/c1-15-8-10-18(11-9-15)27-13-17(12-22(27)28)24(29)32-14-21-23(25(30)31-3)16(2)19-6-4-5-7-20(19)26-21/h4-11,17H,12-14H2,1-3H3. The van der Waals surface area contributed by atoms with Gasteiger partial charge in [0.15, 0.2) is 0 Å². The Morgan fingerprint density at radius 1 is 1.09 bits per heavy atom. The number of aromatic nitrogens is 1. The molecule has 0 saturated carbocycles. The topological polar surface area (TPSA) is 85.8 Å². The summed E-state index contributed by atoms with van der Waals surface area (Å²) in [7, 11) is 1.30. The van der Waals surface area contributed by atoms with Crippen LogP contribution in [0.3, 0.4) is 0 Å². The van der Waals surface area contributed by atoms with E-state index in [2.05, 4.69) is 4.98 Å². The van der Waals surface area contributed by atoms with Gasteiger partial charge in [-0.3, -0.25) is 9.59 Å². The van der Waals surface area contributed by atoms with Gasteiger partial charge in [-0.2, -0.15) is 0 Å². The minimum Gasteiger partial charge on any atom is -0.465 e. The van der Waals surface area contributed by atoms with E-state index in [-0.39, 0.29) is 25.5 Å². The Kier molecular flexibility index (Phi) is 5.90. The van der Waals surface area contributed by atoms with Crippen molar-refractivity contribution < 1.29 is 23.9 Å². The highest BCUT2D eigenvalue weighted by atomic mass is 16.5. The molecule has 3 aromatic rings. The highest BCUT2D eigenvalue weighted by Gasteiger charge is 2.36. The van der Waals surface area contributed by atoms with Gasteiger partial charge in [0.05, 0.1) is 29.8 Å². The molecule has 1 aliphatic heterocycles. The number of pyridine rings is 1. The van der Waals surface area contributed by atoms with Gasteiger partial charge in [-0.1, -0.05) is 35.9 Å². The normalized spacial score (nSPS) is 15.8. The number of esters is 2. The van der Waals surface area contributed by atoms with Gasteiger partial charge < -0.3 is 14.4 Å². The zero-order valence-electron chi connectivity index (χ0n) is 18.3. The Morgan fingerprint density at radius 3 is 2.53 bits per heavy atom. The molecule has 32 heavy (non-hydrogen) atoms. The average Bonchev–Trinajstić information content (AvgIpc) is 3.19. The van der Waals surface area contributed by atoms with E-state index in [1.165, 1.54) is 7.11 Å².